The van der Waals surface area contributed by atoms with Crippen molar-refractivity contribution in [1.29, 1.82) is 0 Å². The molecular formula is C22H17NO5. The van der Waals surface area contributed by atoms with Crippen molar-refractivity contribution in [2.45, 2.75) is 0 Å². The predicted octanol–water partition coefficient (Wildman–Crippen LogP) is 4.22. The van der Waals surface area contributed by atoms with Crippen molar-refractivity contribution >= 4 is 33.5 Å². The second kappa shape index (κ2) is 7.08. The summed E-state index contributed by atoms with van der Waals surface area (Å²) in [6.07, 6.45) is 0. The lowest BCUT2D eigenvalue weighted by molar-refractivity contribution is 0.102. The fourth-order valence-corrected chi connectivity index (χ4v) is 3.03. The Bertz CT molecular complexity index is 1240. The maximum absolute atomic E-state index is 12.8. The van der Waals surface area contributed by atoms with Gasteiger partial charge in [0, 0.05) is 17.3 Å². The van der Waals surface area contributed by atoms with Crippen LogP contribution in [0.2, 0.25) is 0 Å². The Morgan fingerprint density at radius 1 is 0.929 bits per heavy atom. The number of carbonyl (C=O) groups excluding carboxylic acids is 1. The van der Waals surface area contributed by atoms with Gasteiger partial charge >= 0.3 is 0 Å². The maximum Gasteiger partial charge on any atom is 0.255 e. The monoisotopic (exact) mass is 375 g/mol. The summed E-state index contributed by atoms with van der Waals surface area (Å²) in [5, 5.41) is 3.69. The number of rotatable bonds is 4. The van der Waals surface area contributed by atoms with Crippen molar-refractivity contribution in [1.82, 2.24) is 0 Å². The SMILES string of the molecule is COc1ccc(C(=O)Nc2ccc3c(=O)c4cccc(OC)c4oc3c2)cc1. The average molecular weight is 375 g/mol. The van der Waals surface area contributed by atoms with Gasteiger partial charge in [0.15, 0.2) is 11.3 Å². The summed E-state index contributed by atoms with van der Waals surface area (Å²) in [7, 11) is 3.08. The van der Waals surface area contributed by atoms with E-state index in [0.717, 1.165) is 0 Å². The Morgan fingerprint density at radius 3 is 2.43 bits per heavy atom. The van der Waals surface area contributed by atoms with E-state index in [1.165, 1.54) is 7.11 Å². The topological polar surface area (TPSA) is 77.8 Å². The Balaban J connectivity index is 1.73. The number of anilines is 1. The fraction of sp³-hybridized carbons (Fsp3) is 0.0909. The van der Waals surface area contributed by atoms with Gasteiger partial charge in [0.2, 0.25) is 5.43 Å². The number of nitrogens with one attached hydrogen (secondary N) is 1. The van der Waals surface area contributed by atoms with Crippen molar-refractivity contribution in [2.24, 2.45) is 0 Å². The van der Waals surface area contributed by atoms with E-state index in [4.69, 9.17) is 13.9 Å². The molecule has 6 nitrogen and oxygen atoms in total. The average Bonchev–Trinajstić information content (AvgIpc) is 2.73. The first-order chi connectivity index (χ1) is 13.6. The van der Waals surface area contributed by atoms with Crippen LogP contribution in [0, 0.1) is 0 Å². The Hall–Kier alpha value is -3.80. The fourth-order valence-electron chi connectivity index (χ4n) is 3.03. The first kappa shape index (κ1) is 17.6. The van der Waals surface area contributed by atoms with Crippen LogP contribution < -0.4 is 20.2 Å². The molecule has 0 bridgehead atoms. The highest BCUT2D eigenvalue weighted by Crippen LogP contribution is 2.28. The summed E-state index contributed by atoms with van der Waals surface area (Å²) >= 11 is 0. The van der Waals surface area contributed by atoms with E-state index in [9.17, 15) is 9.59 Å². The quantitative estimate of drug-likeness (QED) is 0.541. The Morgan fingerprint density at radius 2 is 1.71 bits per heavy atom. The van der Waals surface area contributed by atoms with E-state index in [1.807, 2.05) is 0 Å². The molecule has 140 valence electrons. The van der Waals surface area contributed by atoms with E-state index in [0.29, 0.717) is 44.7 Å². The van der Waals surface area contributed by atoms with Gasteiger partial charge in [0.05, 0.1) is 25.0 Å². The molecule has 0 fully saturated rings. The third kappa shape index (κ3) is 3.05. The summed E-state index contributed by atoms with van der Waals surface area (Å²) in [5.74, 6) is 0.872. The highest BCUT2D eigenvalue weighted by atomic mass is 16.5. The van der Waals surface area contributed by atoms with Gasteiger partial charge in [-0.2, -0.15) is 0 Å². The summed E-state index contributed by atoms with van der Waals surface area (Å²) in [6.45, 7) is 0. The predicted molar refractivity (Wildman–Crippen MR) is 107 cm³/mol. The molecule has 1 aromatic heterocycles. The summed E-state index contributed by atoms with van der Waals surface area (Å²) < 4.78 is 16.3. The van der Waals surface area contributed by atoms with Crippen LogP contribution in [0.3, 0.4) is 0 Å². The van der Waals surface area contributed by atoms with E-state index in [2.05, 4.69) is 5.32 Å². The zero-order valence-corrected chi connectivity index (χ0v) is 15.3. The van der Waals surface area contributed by atoms with Crippen LogP contribution in [0.15, 0.2) is 69.9 Å². The normalized spacial score (nSPS) is 10.8. The summed E-state index contributed by atoms with van der Waals surface area (Å²) in [5.41, 5.74) is 1.60. The Kier molecular flexibility index (Phi) is 4.45. The van der Waals surface area contributed by atoms with Gasteiger partial charge < -0.3 is 19.2 Å². The third-order valence-corrected chi connectivity index (χ3v) is 4.49. The molecule has 0 atom stereocenters. The number of carbonyl (C=O) groups is 1. The minimum absolute atomic E-state index is 0.150. The lowest BCUT2D eigenvalue weighted by Gasteiger charge is -2.09. The molecule has 0 unspecified atom stereocenters. The molecule has 0 radical (unpaired) electrons. The molecule has 0 spiro atoms. The van der Waals surface area contributed by atoms with E-state index >= 15 is 0 Å². The second-order valence-electron chi connectivity index (χ2n) is 6.16. The number of para-hydroxylation sites is 1. The van der Waals surface area contributed by atoms with Crippen LogP contribution in [-0.4, -0.2) is 20.1 Å². The molecule has 0 aliphatic heterocycles. The third-order valence-electron chi connectivity index (χ3n) is 4.49. The molecule has 0 aliphatic rings. The largest absolute Gasteiger partial charge is 0.497 e. The van der Waals surface area contributed by atoms with Gasteiger partial charge in [0.1, 0.15) is 11.3 Å². The van der Waals surface area contributed by atoms with Crippen LogP contribution >= 0.6 is 0 Å². The molecule has 1 N–H and O–H groups in total. The standard InChI is InChI=1S/C22H17NO5/c1-26-15-9-6-13(7-10-15)22(25)23-14-8-11-16-19(12-14)28-21-17(20(16)24)4-3-5-18(21)27-2/h3-12H,1-2H3,(H,23,25). The van der Waals surface area contributed by atoms with Gasteiger partial charge in [-0.3, -0.25) is 9.59 Å². The summed E-state index contributed by atoms with van der Waals surface area (Å²) in [4.78, 5) is 25.2. The smallest absolute Gasteiger partial charge is 0.255 e. The van der Waals surface area contributed by atoms with Crippen LogP contribution in [0.1, 0.15) is 10.4 Å². The molecule has 3 aromatic carbocycles. The number of benzene rings is 3. The van der Waals surface area contributed by atoms with Crippen molar-refractivity contribution in [3.63, 3.8) is 0 Å². The summed E-state index contributed by atoms with van der Waals surface area (Å²) in [6, 6.07) is 16.9. The number of hydrogen-bond acceptors (Lipinski definition) is 5. The lowest BCUT2D eigenvalue weighted by Crippen LogP contribution is -2.12. The molecule has 1 amide bonds. The number of hydrogen-bond donors (Lipinski definition) is 1. The highest BCUT2D eigenvalue weighted by Gasteiger charge is 2.13. The molecule has 4 rings (SSSR count). The van der Waals surface area contributed by atoms with Crippen molar-refractivity contribution in [2.75, 3.05) is 19.5 Å². The number of fused-ring (bicyclic) bond motifs is 2. The lowest BCUT2D eigenvalue weighted by atomic mass is 10.1. The molecule has 1 heterocycles. The first-order valence-corrected chi connectivity index (χ1v) is 8.59. The zero-order chi connectivity index (χ0) is 19.7. The van der Waals surface area contributed by atoms with Crippen LogP contribution in [0.5, 0.6) is 11.5 Å². The second-order valence-corrected chi connectivity index (χ2v) is 6.16. The minimum Gasteiger partial charge on any atom is -0.497 e. The van der Waals surface area contributed by atoms with Gasteiger partial charge in [-0.15, -0.1) is 0 Å². The molecule has 4 aromatic rings. The zero-order valence-electron chi connectivity index (χ0n) is 15.3. The maximum atomic E-state index is 12.8. The van der Waals surface area contributed by atoms with Gasteiger partial charge in [-0.05, 0) is 48.5 Å². The molecule has 0 saturated carbocycles. The van der Waals surface area contributed by atoms with Crippen LogP contribution in [-0.2, 0) is 0 Å². The van der Waals surface area contributed by atoms with Gasteiger partial charge in [-0.25, -0.2) is 0 Å². The molecule has 28 heavy (non-hydrogen) atoms. The van der Waals surface area contributed by atoms with E-state index in [1.54, 1.807) is 67.8 Å². The van der Waals surface area contributed by atoms with Crippen LogP contribution in [0.25, 0.3) is 21.9 Å². The molecule has 0 saturated heterocycles. The Labute approximate surface area is 160 Å². The van der Waals surface area contributed by atoms with Crippen molar-refractivity contribution in [3.05, 3.63) is 76.5 Å². The minimum atomic E-state index is -0.275. The van der Waals surface area contributed by atoms with Crippen molar-refractivity contribution in [3.8, 4) is 11.5 Å². The van der Waals surface area contributed by atoms with E-state index in [-0.39, 0.29) is 11.3 Å². The van der Waals surface area contributed by atoms with Crippen molar-refractivity contribution < 1.29 is 18.7 Å². The number of methoxy groups -OCH3 is 2. The number of amides is 1. The number of ether oxygens (including phenoxy) is 2. The highest BCUT2D eigenvalue weighted by molar-refractivity contribution is 6.05. The molecule has 0 aliphatic carbocycles. The first-order valence-electron chi connectivity index (χ1n) is 8.59. The van der Waals surface area contributed by atoms with Gasteiger partial charge in [0.25, 0.3) is 5.91 Å². The molecular weight excluding hydrogens is 358 g/mol. The molecule has 6 heteroatoms. The van der Waals surface area contributed by atoms with Gasteiger partial charge in [-0.1, -0.05) is 6.07 Å². The van der Waals surface area contributed by atoms with Crippen LogP contribution in [0.4, 0.5) is 5.69 Å². The van der Waals surface area contributed by atoms with E-state index < -0.39 is 0 Å².